The average molecular weight is 292 g/mol. The van der Waals surface area contributed by atoms with Gasteiger partial charge < -0.3 is 0 Å². The Morgan fingerprint density at radius 2 is 1.76 bits per heavy atom. The third kappa shape index (κ3) is 2.55. The molecule has 110 valence electrons. The molecule has 0 heterocycles. The lowest BCUT2D eigenvalue weighted by molar-refractivity contribution is -0.155. The molecule has 2 aromatic carbocycles. The fourth-order valence-electron chi connectivity index (χ4n) is 3.35. The number of alkyl halides is 3. The monoisotopic (exact) mass is 292 g/mol. The van der Waals surface area contributed by atoms with Gasteiger partial charge in [0.1, 0.15) is 5.78 Å². The molecule has 1 unspecified atom stereocenters. The Labute approximate surface area is 120 Å². The van der Waals surface area contributed by atoms with E-state index in [2.05, 4.69) is 0 Å². The SMILES string of the molecule is O=C1CCCC1(CC(F)(F)F)c1ccc2ccccc2c1. The number of Topliss-reactive ketones (excluding diaryl/α,β-unsaturated/α-hetero) is 1. The van der Waals surface area contributed by atoms with Gasteiger partial charge in [0, 0.05) is 6.42 Å². The lowest BCUT2D eigenvalue weighted by atomic mass is 9.74. The van der Waals surface area contributed by atoms with Gasteiger partial charge >= 0.3 is 6.18 Å². The molecule has 0 bridgehead atoms. The highest BCUT2D eigenvalue weighted by Gasteiger charge is 2.50. The van der Waals surface area contributed by atoms with Crippen molar-refractivity contribution >= 4 is 16.6 Å². The van der Waals surface area contributed by atoms with Crippen molar-refractivity contribution in [1.29, 1.82) is 0 Å². The largest absolute Gasteiger partial charge is 0.390 e. The van der Waals surface area contributed by atoms with Crippen LogP contribution in [-0.4, -0.2) is 12.0 Å². The first kappa shape index (κ1) is 14.1. The third-order valence-electron chi connectivity index (χ3n) is 4.35. The third-order valence-corrected chi connectivity index (χ3v) is 4.35. The molecular weight excluding hydrogens is 277 g/mol. The number of benzene rings is 2. The van der Waals surface area contributed by atoms with Crippen LogP contribution in [0.15, 0.2) is 42.5 Å². The second-order valence-corrected chi connectivity index (χ2v) is 5.71. The number of fused-ring (bicyclic) bond motifs is 1. The topological polar surface area (TPSA) is 17.1 Å². The summed E-state index contributed by atoms with van der Waals surface area (Å²) >= 11 is 0. The number of rotatable bonds is 2. The van der Waals surface area contributed by atoms with Gasteiger partial charge in [-0.1, -0.05) is 42.5 Å². The molecule has 1 fully saturated rings. The second kappa shape index (κ2) is 4.86. The van der Waals surface area contributed by atoms with Crippen molar-refractivity contribution in [3.05, 3.63) is 48.0 Å². The molecule has 21 heavy (non-hydrogen) atoms. The van der Waals surface area contributed by atoms with E-state index in [-0.39, 0.29) is 18.6 Å². The van der Waals surface area contributed by atoms with Crippen molar-refractivity contribution < 1.29 is 18.0 Å². The molecule has 1 atom stereocenters. The predicted octanol–water partition coefficient (Wildman–Crippen LogP) is 4.78. The maximum atomic E-state index is 13.0. The van der Waals surface area contributed by atoms with E-state index < -0.39 is 18.0 Å². The van der Waals surface area contributed by atoms with Gasteiger partial charge in [-0.3, -0.25) is 4.79 Å². The summed E-state index contributed by atoms with van der Waals surface area (Å²) in [4.78, 5) is 12.2. The molecule has 0 saturated heterocycles. The zero-order valence-corrected chi connectivity index (χ0v) is 11.4. The summed E-state index contributed by atoms with van der Waals surface area (Å²) < 4.78 is 38.9. The minimum Gasteiger partial charge on any atom is -0.299 e. The van der Waals surface area contributed by atoms with E-state index in [4.69, 9.17) is 0 Å². The highest BCUT2D eigenvalue weighted by molar-refractivity contribution is 5.94. The van der Waals surface area contributed by atoms with E-state index in [0.717, 1.165) is 10.8 Å². The molecule has 1 aliphatic rings. The summed E-state index contributed by atoms with van der Waals surface area (Å²) in [5.74, 6) is -0.282. The molecule has 0 aromatic heterocycles. The van der Waals surface area contributed by atoms with Gasteiger partial charge in [-0.25, -0.2) is 0 Å². The summed E-state index contributed by atoms with van der Waals surface area (Å²) in [6.07, 6.45) is -4.35. The molecule has 3 rings (SSSR count). The van der Waals surface area contributed by atoms with Crippen LogP contribution in [0.4, 0.5) is 13.2 Å². The Kier molecular flexibility index (Phi) is 3.27. The summed E-state index contributed by atoms with van der Waals surface area (Å²) in [5.41, 5.74) is -0.886. The summed E-state index contributed by atoms with van der Waals surface area (Å²) in [6, 6.07) is 12.7. The minimum absolute atomic E-state index is 0.239. The number of hydrogen-bond donors (Lipinski definition) is 0. The van der Waals surface area contributed by atoms with E-state index in [1.807, 2.05) is 24.3 Å². The van der Waals surface area contributed by atoms with Crippen LogP contribution in [0, 0.1) is 0 Å². The van der Waals surface area contributed by atoms with Crippen molar-refractivity contribution in [3.63, 3.8) is 0 Å². The average Bonchev–Trinajstić information content (AvgIpc) is 2.78. The lowest BCUT2D eigenvalue weighted by Crippen LogP contribution is -2.36. The number of carbonyl (C=O) groups excluding carboxylic acids is 1. The Morgan fingerprint density at radius 3 is 2.38 bits per heavy atom. The van der Waals surface area contributed by atoms with Gasteiger partial charge in [-0.05, 0) is 29.2 Å². The van der Waals surface area contributed by atoms with Crippen LogP contribution in [0.3, 0.4) is 0 Å². The standard InChI is InChI=1S/C17H15F3O/c18-17(19,20)11-16(9-3-6-15(16)21)14-8-7-12-4-1-2-5-13(12)10-14/h1-2,4-5,7-8,10H,3,6,9,11H2. The molecule has 0 N–H and O–H groups in total. The zero-order valence-electron chi connectivity index (χ0n) is 11.4. The molecule has 1 nitrogen and oxygen atoms in total. The van der Waals surface area contributed by atoms with E-state index in [1.54, 1.807) is 18.2 Å². The maximum absolute atomic E-state index is 13.0. The summed E-state index contributed by atoms with van der Waals surface area (Å²) in [7, 11) is 0. The van der Waals surface area contributed by atoms with Crippen molar-refractivity contribution in [1.82, 2.24) is 0 Å². The van der Waals surface area contributed by atoms with Crippen LogP contribution in [0.5, 0.6) is 0 Å². The predicted molar refractivity (Wildman–Crippen MR) is 75.2 cm³/mol. The molecule has 1 aliphatic carbocycles. The van der Waals surface area contributed by atoms with Crippen LogP contribution in [-0.2, 0) is 10.2 Å². The number of halogens is 3. The number of ketones is 1. The number of carbonyl (C=O) groups is 1. The Hall–Kier alpha value is -1.84. The van der Waals surface area contributed by atoms with Crippen LogP contribution >= 0.6 is 0 Å². The van der Waals surface area contributed by atoms with Crippen molar-refractivity contribution in [2.75, 3.05) is 0 Å². The molecule has 0 spiro atoms. The first-order valence-electron chi connectivity index (χ1n) is 7.00. The summed E-state index contributed by atoms with van der Waals surface area (Å²) in [6.45, 7) is 0. The van der Waals surface area contributed by atoms with Crippen LogP contribution in [0.25, 0.3) is 10.8 Å². The Balaban J connectivity index is 2.12. The normalized spacial score (nSPS) is 22.9. The van der Waals surface area contributed by atoms with E-state index in [0.29, 0.717) is 12.0 Å². The van der Waals surface area contributed by atoms with E-state index >= 15 is 0 Å². The molecule has 0 aliphatic heterocycles. The van der Waals surface area contributed by atoms with Gasteiger partial charge in [0.2, 0.25) is 0 Å². The van der Waals surface area contributed by atoms with Crippen molar-refractivity contribution in [3.8, 4) is 0 Å². The highest BCUT2D eigenvalue weighted by atomic mass is 19.4. The first-order chi connectivity index (χ1) is 9.91. The molecule has 2 aromatic rings. The van der Waals surface area contributed by atoms with E-state index in [1.165, 1.54) is 0 Å². The van der Waals surface area contributed by atoms with Crippen LogP contribution in [0.1, 0.15) is 31.2 Å². The fourth-order valence-corrected chi connectivity index (χ4v) is 3.35. The molecular formula is C17H15F3O. The Morgan fingerprint density at radius 1 is 1.05 bits per heavy atom. The first-order valence-corrected chi connectivity index (χ1v) is 7.00. The van der Waals surface area contributed by atoms with Crippen LogP contribution in [0.2, 0.25) is 0 Å². The van der Waals surface area contributed by atoms with Gasteiger partial charge in [-0.15, -0.1) is 0 Å². The number of hydrogen-bond acceptors (Lipinski definition) is 1. The highest BCUT2D eigenvalue weighted by Crippen LogP contribution is 2.46. The zero-order chi connectivity index (χ0) is 15.1. The van der Waals surface area contributed by atoms with Crippen LogP contribution < -0.4 is 0 Å². The summed E-state index contributed by atoms with van der Waals surface area (Å²) in [5, 5.41) is 1.84. The molecule has 4 heteroatoms. The molecule has 1 saturated carbocycles. The van der Waals surface area contributed by atoms with Crippen molar-refractivity contribution in [2.24, 2.45) is 0 Å². The quantitative estimate of drug-likeness (QED) is 0.778. The van der Waals surface area contributed by atoms with E-state index in [9.17, 15) is 18.0 Å². The smallest absolute Gasteiger partial charge is 0.299 e. The van der Waals surface area contributed by atoms with Gasteiger partial charge in [0.05, 0.1) is 11.8 Å². The molecule has 0 amide bonds. The van der Waals surface area contributed by atoms with Gasteiger partial charge in [-0.2, -0.15) is 13.2 Å². The maximum Gasteiger partial charge on any atom is 0.390 e. The lowest BCUT2D eigenvalue weighted by Gasteiger charge is -2.29. The second-order valence-electron chi connectivity index (χ2n) is 5.71. The minimum atomic E-state index is -4.34. The van der Waals surface area contributed by atoms with Crippen molar-refractivity contribution in [2.45, 2.75) is 37.3 Å². The fraction of sp³-hybridized carbons (Fsp3) is 0.353. The van der Waals surface area contributed by atoms with Gasteiger partial charge in [0.15, 0.2) is 0 Å². The molecule has 0 radical (unpaired) electrons. The van der Waals surface area contributed by atoms with Gasteiger partial charge in [0.25, 0.3) is 0 Å². The Bertz CT molecular complexity index is 690.